The Bertz CT molecular complexity index is 908. The molecular formula is C18H21N3O4S. The maximum atomic E-state index is 11.4. The minimum Gasteiger partial charge on any atom is -0.370 e. The summed E-state index contributed by atoms with van der Waals surface area (Å²) in [6.45, 7) is 0. The summed E-state index contributed by atoms with van der Waals surface area (Å²) < 4.78 is 25.1. The van der Waals surface area contributed by atoms with E-state index in [-0.39, 0.29) is 6.42 Å². The highest BCUT2D eigenvalue weighted by Gasteiger charge is 2.18. The highest BCUT2D eigenvalue weighted by Crippen LogP contribution is 2.24. The van der Waals surface area contributed by atoms with Crippen LogP contribution in [0.15, 0.2) is 48.5 Å². The molecule has 0 radical (unpaired) electrons. The number of hydrogen-bond acceptors (Lipinski definition) is 4. The van der Waals surface area contributed by atoms with Crippen LogP contribution in [0, 0.1) is 5.92 Å². The number of nitrogens with two attached hydrogens (primary N) is 2. The summed E-state index contributed by atoms with van der Waals surface area (Å²) in [5.41, 5.74) is 13.5. The summed E-state index contributed by atoms with van der Waals surface area (Å²) in [7, 11) is -3.35. The summed E-state index contributed by atoms with van der Waals surface area (Å²) in [5.74, 6) is -1.77. The molecule has 2 rings (SSSR count). The van der Waals surface area contributed by atoms with Crippen LogP contribution in [0.1, 0.15) is 12.0 Å². The first-order chi connectivity index (χ1) is 12.1. The summed E-state index contributed by atoms with van der Waals surface area (Å²) in [6, 6.07) is 14.4. The lowest BCUT2D eigenvalue weighted by atomic mass is 9.94. The van der Waals surface area contributed by atoms with Crippen molar-refractivity contribution in [2.24, 2.45) is 17.4 Å². The van der Waals surface area contributed by atoms with E-state index in [0.717, 1.165) is 22.9 Å². The highest BCUT2D eigenvalue weighted by molar-refractivity contribution is 7.92. The first kappa shape index (κ1) is 19.5. The standard InChI is InChI=1S/C18H21N3O4S/c1-26(24,25)21-16-4-2-3-14(10-16)13-7-5-12(6-8-13)9-15(18(20)23)11-17(19)22/h2-8,10,15,21H,9,11H2,1H3,(H2,19,22)(H2,20,23)/t15-/m1/s1. The van der Waals surface area contributed by atoms with Crippen molar-refractivity contribution in [3.05, 3.63) is 54.1 Å². The molecule has 0 bridgehead atoms. The number of anilines is 1. The molecule has 0 spiro atoms. The number of nitrogens with one attached hydrogen (secondary N) is 1. The van der Waals surface area contributed by atoms with Gasteiger partial charge in [-0.2, -0.15) is 0 Å². The molecule has 2 amide bonds. The smallest absolute Gasteiger partial charge is 0.229 e. The van der Waals surface area contributed by atoms with Crippen molar-refractivity contribution in [1.82, 2.24) is 0 Å². The van der Waals surface area contributed by atoms with Crippen LogP contribution in [0.3, 0.4) is 0 Å². The lowest BCUT2D eigenvalue weighted by Crippen LogP contribution is -2.29. The predicted octanol–water partition coefficient (Wildman–Crippen LogP) is 1.24. The molecule has 5 N–H and O–H groups in total. The molecular weight excluding hydrogens is 354 g/mol. The number of carbonyl (C=O) groups is 2. The number of hydrogen-bond donors (Lipinski definition) is 3. The third kappa shape index (κ3) is 5.89. The molecule has 0 aliphatic rings. The van der Waals surface area contributed by atoms with Crippen LogP contribution in [0.2, 0.25) is 0 Å². The van der Waals surface area contributed by atoms with Gasteiger partial charge in [-0.3, -0.25) is 14.3 Å². The molecule has 2 aromatic rings. The van der Waals surface area contributed by atoms with Gasteiger partial charge in [0.25, 0.3) is 0 Å². The Morgan fingerprint density at radius 3 is 2.23 bits per heavy atom. The molecule has 0 heterocycles. The van der Waals surface area contributed by atoms with Gasteiger partial charge in [-0.25, -0.2) is 8.42 Å². The summed E-state index contributed by atoms with van der Waals surface area (Å²) in [4.78, 5) is 22.5. The summed E-state index contributed by atoms with van der Waals surface area (Å²) in [6.07, 6.45) is 1.33. The van der Waals surface area contributed by atoms with Gasteiger partial charge in [-0.15, -0.1) is 0 Å². The first-order valence-electron chi connectivity index (χ1n) is 7.89. The van der Waals surface area contributed by atoms with Crippen LogP contribution >= 0.6 is 0 Å². The molecule has 1 atom stereocenters. The second kappa shape index (κ2) is 8.01. The Morgan fingerprint density at radius 1 is 1.04 bits per heavy atom. The topological polar surface area (TPSA) is 132 Å². The molecule has 0 aliphatic heterocycles. The molecule has 138 valence electrons. The maximum Gasteiger partial charge on any atom is 0.229 e. The van der Waals surface area contributed by atoms with Crippen molar-refractivity contribution in [2.75, 3.05) is 11.0 Å². The average molecular weight is 375 g/mol. The molecule has 7 nitrogen and oxygen atoms in total. The van der Waals surface area contributed by atoms with Gasteiger partial charge in [0.15, 0.2) is 0 Å². The van der Waals surface area contributed by atoms with E-state index in [1.54, 1.807) is 18.2 Å². The van der Waals surface area contributed by atoms with Gasteiger partial charge in [-0.05, 0) is 35.2 Å². The van der Waals surface area contributed by atoms with Crippen molar-refractivity contribution in [3.63, 3.8) is 0 Å². The molecule has 2 aromatic carbocycles. The Hall–Kier alpha value is -2.87. The number of amides is 2. The maximum absolute atomic E-state index is 11.4. The van der Waals surface area contributed by atoms with Gasteiger partial charge in [0.05, 0.1) is 12.2 Å². The lowest BCUT2D eigenvalue weighted by Gasteiger charge is -2.12. The van der Waals surface area contributed by atoms with E-state index < -0.39 is 27.8 Å². The van der Waals surface area contributed by atoms with Crippen molar-refractivity contribution >= 4 is 27.5 Å². The minimum atomic E-state index is -3.35. The predicted molar refractivity (Wildman–Crippen MR) is 101 cm³/mol. The molecule has 8 heteroatoms. The Kier molecular flexibility index (Phi) is 5.99. The van der Waals surface area contributed by atoms with Crippen LogP contribution in [0.4, 0.5) is 5.69 Å². The SMILES string of the molecule is CS(=O)(=O)Nc1cccc(-c2ccc(C[C@H](CC(N)=O)C(N)=O)cc2)c1. The van der Waals surface area contributed by atoms with E-state index in [4.69, 9.17) is 11.5 Å². The number of primary amides is 2. The Labute approximate surface area is 152 Å². The van der Waals surface area contributed by atoms with E-state index in [0.29, 0.717) is 12.1 Å². The molecule has 0 aromatic heterocycles. The zero-order valence-corrected chi connectivity index (χ0v) is 15.1. The monoisotopic (exact) mass is 375 g/mol. The number of benzene rings is 2. The third-order valence-corrected chi connectivity index (χ3v) is 4.39. The molecule has 0 aliphatic carbocycles. The van der Waals surface area contributed by atoms with E-state index in [2.05, 4.69) is 4.72 Å². The van der Waals surface area contributed by atoms with Crippen LogP contribution in [-0.2, 0) is 26.0 Å². The quantitative estimate of drug-likeness (QED) is 0.640. The van der Waals surface area contributed by atoms with Gasteiger partial charge in [0, 0.05) is 12.1 Å². The number of rotatable bonds is 8. The average Bonchev–Trinajstić information content (AvgIpc) is 2.53. The van der Waals surface area contributed by atoms with E-state index in [9.17, 15) is 18.0 Å². The molecule has 0 fully saturated rings. The lowest BCUT2D eigenvalue weighted by molar-refractivity contribution is -0.126. The Balaban J connectivity index is 2.18. The summed E-state index contributed by atoms with van der Waals surface area (Å²) in [5, 5.41) is 0. The Morgan fingerprint density at radius 2 is 1.69 bits per heavy atom. The van der Waals surface area contributed by atoms with Crippen molar-refractivity contribution in [3.8, 4) is 11.1 Å². The van der Waals surface area contributed by atoms with Crippen molar-refractivity contribution in [2.45, 2.75) is 12.8 Å². The third-order valence-electron chi connectivity index (χ3n) is 3.79. The zero-order chi connectivity index (χ0) is 19.3. The van der Waals surface area contributed by atoms with Gasteiger partial charge in [0.2, 0.25) is 21.8 Å². The molecule has 26 heavy (non-hydrogen) atoms. The van der Waals surface area contributed by atoms with E-state index in [1.807, 2.05) is 30.3 Å². The van der Waals surface area contributed by atoms with Crippen molar-refractivity contribution < 1.29 is 18.0 Å². The van der Waals surface area contributed by atoms with Crippen LogP contribution < -0.4 is 16.2 Å². The van der Waals surface area contributed by atoms with Crippen LogP contribution in [0.25, 0.3) is 11.1 Å². The fourth-order valence-corrected chi connectivity index (χ4v) is 3.17. The van der Waals surface area contributed by atoms with Gasteiger partial charge < -0.3 is 11.5 Å². The van der Waals surface area contributed by atoms with Gasteiger partial charge >= 0.3 is 0 Å². The second-order valence-electron chi connectivity index (χ2n) is 6.13. The molecule has 0 unspecified atom stereocenters. The zero-order valence-electron chi connectivity index (χ0n) is 14.3. The summed E-state index contributed by atoms with van der Waals surface area (Å²) >= 11 is 0. The number of sulfonamides is 1. The minimum absolute atomic E-state index is 0.0870. The van der Waals surface area contributed by atoms with Crippen LogP contribution in [-0.4, -0.2) is 26.5 Å². The fourth-order valence-electron chi connectivity index (χ4n) is 2.61. The van der Waals surface area contributed by atoms with Gasteiger partial charge in [-0.1, -0.05) is 36.4 Å². The van der Waals surface area contributed by atoms with Crippen molar-refractivity contribution in [1.29, 1.82) is 0 Å². The second-order valence-corrected chi connectivity index (χ2v) is 7.87. The number of carbonyl (C=O) groups excluding carboxylic acids is 2. The van der Waals surface area contributed by atoms with Crippen LogP contribution in [0.5, 0.6) is 0 Å². The van der Waals surface area contributed by atoms with E-state index >= 15 is 0 Å². The molecule has 0 saturated heterocycles. The van der Waals surface area contributed by atoms with E-state index in [1.165, 1.54) is 0 Å². The normalized spacial score (nSPS) is 12.3. The fraction of sp³-hybridized carbons (Fsp3) is 0.222. The first-order valence-corrected chi connectivity index (χ1v) is 9.78. The highest BCUT2D eigenvalue weighted by atomic mass is 32.2. The molecule has 0 saturated carbocycles. The van der Waals surface area contributed by atoms with Gasteiger partial charge in [0.1, 0.15) is 0 Å². The largest absolute Gasteiger partial charge is 0.370 e.